The smallest absolute Gasteiger partial charge is 0.338 e. The van der Waals surface area contributed by atoms with E-state index in [-0.39, 0.29) is 0 Å². The summed E-state index contributed by atoms with van der Waals surface area (Å²) in [5, 5.41) is 0.343. The molecule has 0 aliphatic rings. The van der Waals surface area contributed by atoms with Crippen molar-refractivity contribution in [1.82, 2.24) is 0 Å². The van der Waals surface area contributed by atoms with E-state index in [9.17, 15) is 9.59 Å². The van der Waals surface area contributed by atoms with Crippen LogP contribution < -0.4 is 0 Å². The molecular formula is C11H11ClO3. The molecule has 1 aromatic rings. The van der Waals surface area contributed by atoms with Crippen molar-refractivity contribution in [3.05, 3.63) is 33.8 Å². The topological polar surface area (TPSA) is 43.4 Å². The van der Waals surface area contributed by atoms with Crippen LogP contribution in [-0.2, 0) is 4.74 Å². The summed E-state index contributed by atoms with van der Waals surface area (Å²) < 4.78 is 4.85. The fourth-order valence-corrected chi connectivity index (χ4v) is 1.52. The Balaban J connectivity index is 3.21. The first-order valence-electron chi connectivity index (χ1n) is 4.53. The van der Waals surface area contributed by atoms with Crippen LogP contribution in [-0.4, -0.2) is 18.9 Å². The minimum absolute atomic E-state index is 0.303. The number of carbonyl (C=O) groups excluding carboxylic acids is 2. The van der Waals surface area contributed by atoms with Gasteiger partial charge in [-0.3, -0.25) is 4.79 Å². The van der Waals surface area contributed by atoms with E-state index in [1.54, 1.807) is 19.9 Å². The molecule has 0 fully saturated rings. The van der Waals surface area contributed by atoms with E-state index in [0.29, 0.717) is 34.6 Å². The molecule has 0 unspecified atom stereocenters. The predicted molar refractivity (Wildman–Crippen MR) is 57.5 cm³/mol. The molecule has 0 aliphatic heterocycles. The molecule has 15 heavy (non-hydrogen) atoms. The van der Waals surface area contributed by atoms with Gasteiger partial charge in [0.1, 0.15) is 0 Å². The van der Waals surface area contributed by atoms with Crippen LogP contribution >= 0.6 is 11.6 Å². The molecule has 0 saturated heterocycles. The van der Waals surface area contributed by atoms with Crippen LogP contribution in [0.1, 0.15) is 33.2 Å². The highest BCUT2D eigenvalue weighted by Crippen LogP contribution is 2.21. The lowest BCUT2D eigenvalue weighted by atomic mass is 10.0. The Morgan fingerprint density at radius 2 is 2.20 bits per heavy atom. The largest absolute Gasteiger partial charge is 0.462 e. The summed E-state index contributed by atoms with van der Waals surface area (Å²) in [7, 11) is 0. The highest BCUT2D eigenvalue weighted by Gasteiger charge is 2.14. The Morgan fingerprint density at radius 1 is 1.53 bits per heavy atom. The molecule has 0 spiro atoms. The standard InChI is InChI=1S/C11H11ClO3/c1-3-15-11(14)8-4-5-10(12)9(6-13)7(8)2/h4-6H,3H2,1-2H3. The van der Waals surface area contributed by atoms with Gasteiger partial charge in [0.25, 0.3) is 0 Å². The summed E-state index contributed by atoms with van der Waals surface area (Å²) in [6.45, 7) is 3.70. The molecule has 0 heterocycles. The van der Waals surface area contributed by atoms with Crippen molar-refractivity contribution < 1.29 is 14.3 Å². The maximum atomic E-state index is 11.5. The van der Waals surface area contributed by atoms with E-state index in [1.165, 1.54) is 6.07 Å². The average molecular weight is 227 g/mol. The first kappa shape index (κ1) is 11.7. The molecule has 1 rings (SSSR count). The lowest BCUT2D eigenvalue weighted by molar-refractivity contribution is 0.0525. The number of esters is 1. The van der Waals surface area contributed by atoms with Crippen molar-refractivity contribution in [1.29, 1.82) is 0 Å². The van der Waals surface area contributed by atoms with Crippen LogP contribution in [0.25, 0.3) is 0 Å². The number of hydrogen-bond acceptors (Lipinski definition) is 3. The Labute approximate surface area is 93.0 Å². The number of rotatable bonds is 3. The molecule has 0 bridgehead atoms. The number of ether oxygens (including phenoxy) is 1. The Hall–Kier alpha value is -1.35. The number of benzene rings is 1. The van der Waals surface area contributed by atoms with Gasteiger partial charge in [-0.15, -0.1) is 0 Å². The van der Waals surface area contributed by atoms with E-state index in [0.717, 1.165) is 0 Å². The number of carbonyl (C=O) groups is 2. The van der Waals surface area contributed by atoms with Crippen LogP contribution in [0.2, 0.25) is 5.02 Å². The van der Waals surface area contributed by atoms with Crippen LogP contribution in [0.4, 0.5) is 0 Å². The zero-order valence-electron chi connectivity index (χ0n) is 8.54. The number of hydrogen-bond donors (Lipinski definition) is 0. The third kappa shape index (κ3) is 2.36. The van der Waals surface area contributed by atoms with Gasteiger partial charge < -0.3 is 4.74 Å². The van der Waals surface area contributed by atoms with Gasteiger partial charge in [0.2, 0.25) is 0 Å². The van der Waals surface area contributed by atoms with Crippen molar-refractivity contribution in [2.75, 3.05) is 6.61 Å². The third-order valence-electron chi connectivity index (χ3n) is 2.07. The highest BCUT2D eigenvalue weighted by molar-refractivity contribution is 6.33. The van der Waals surface area contributed by atoms with Crippen LogP contribution in [0.3, 0.4) is 0 Å². The van der Waals surface area contributed by atoms with E-state index < -0.39 is 5.97 Å². The normalized spacial score (nSPS) is 9.80. The molecule has 3 nitrogen and oxygen atoms in total. The first-order chi connectivity index (χ1) is 7.11. The molecule has 0 aromatic heterocycles. The van der Waals surface area contributed by atoms with E-state index >= 15 is 0 Å². The molecule has 0 amide bonds. The molecule has 4 heteroatoms. The Bertz CT molecular complexity index is 399. The summed E-state index contributed by atoms with van der Waals surface area (Å²) in [6, 6.07) is 3.08. The maximum absolute atomic E-state index is 11.5. The second-order valence-corrected chi connectivity index (χ2v) is 3.38. The molecule has 0 saturated carbocycles. The summed E-state index contributed by atoms with van der Waals surface area (Å²) >= 11 is 5.80. The molecule has 80 valence electrons. The average Bonchev–Trinajstić information content (AvgIpc) is 2.18. The van der Waals surface area contributed by atoms with E-state index in [4.69, 9.17) is 16.3 Å². The van der Waals surface area contributed by atoms with Gasteiger partial charge in [-0.05, 0) is 31.5 Å². The predicted octanol–water partition coefficient (Wildman–Crippen LogP) is 2.64. The lowest BCUT2D eigenvalue weighted by Crippen LogP contribution is -2.08. The van der Waals surface area contributed by atoms with Gasteiger partial charge in [-0.1, -0.05) is 11.6 Å². The van der Waals surface area contributed by atoms with E-state index in [1.807, 2.05) is 0 Å². The van der Waals surface area contributed by atoms with Gasteiger partial charge in [-0.2, -0.15) is 0 Å². The number of halogens is 1. The summed E-state index contributed by atoms with van der Waals surface area (Å²) in [5.41, 5.74) is 1.27. The molecule has 0 radical (unpaired) electrons. The monoisotopic (exact) mass is 226 g/mol. The second kappa shape index (κ2) is 4.94. The van der Waals surface area contributed by atoms with Crippen molar-refractivity contribution in [3.8, 4) is 0 Å². The number of aldehydes is 1. The maximum Gasteiger partial charge on any atom is 0.338 e. The van der Waals surface area contributed by atoms with Crippen LogP contribution in [0.15, 0.2) is 12.1 Å². The summed E-state index contributed by atoms with van der Waals surface area (Å²) in [4.78, 5) is 22.2. The molecular weight excluding hydrogens is 216 g/mol. The molecule has 0 aliphatic carbocycles. The van der Waals surface area contributed by atoms with Crippen molar-refractivity contribution >= 4 is 23.9 Å². The SMILES string of the molecule is CCOC(=O)c1ccc(Cl)c(C=O)c1C. The Kier molecular flexibility index (Phi) is 3.86. The minimum atomic E-state index is -0.435. The van der Waals surface area contributed by atoms with Crippen molar-refractivity contribution in [2.45, 2.75) is 13.8 Å². The minimum Gasteiger partial charge on any atom is -0.462 e. The van der Waals surface area contributed by atoms with Crippen LogP contribution in [0.5, 0.6) is 0 Å². The molecule has 0 N–H and O–H groups in total. The van der Waals surface area contributed by atoms with Gasteiger partial charge in [0.05, 0.1) is 17.2 Å². The highest BCUT2D eigenvalue weighted by atomic mass is 35.5. The van der Waals surface area contributed by atoms with Gasteiger partial charge in [0.15, 0.2) is 6.29 Å². The van der Waals surface area contributed by atoms with Gasteiger partial charge >= 0.3 is 5.97 Å². The fourth-order valence-electron chi connectivity index (χ4n) is 1.27. The molecule has 0 atom stereocenters. The van der Waals surface area contributed by atoms with E-state index in [2.05, 4.69) is 0 Å². The zero-order valence-corrected chi connectivity index (χ0v) is 9.30. The summed E-state index contributed by atoms with van der Waals surface area (Å²) in [6.07, 6.45) is 0.639. The zero-order chi connectivity index (χ0) is 11.4. The lowest BCUT2D eigenvalue weighted by Gasteiger charge is -2.08. The van der Waals surface area contributed by atoms with Gasteiger partial charge in [-0.25, -0.2) is 4.79 Å². The summed E-state index contributed by atoms with van der Waals surface area (Å²) in [5.74, 6) is -0.435. The third-order valence-corrected chi connectivity index (χ3v) is 2.40. The van der Waals surface area contributed by atoms with Gasteiger partial charge in [0, 0.05) is 5.56 Å². The van der Waals surface area contributed by atoms with Crippen LogP contribution in [0, 0.1) is 6.92 Å². The first-order valence-corrected chi connectivity index (χ1v) is 4.91. The quantitative estimate of drug-likeness (QED) is 0.588. The van der Waals surface area contributed by atoms with Crippen molar-refractivity contribution in [2.24, 2.45) is 0 Å². The van der Waals surface area contributed by atoms with Crippen molar-refractivity contribution in [3.63, 3.8) is 0 Å². The second-order valence-electron chi connectivity index (χ2n) is 2.97. The fraction of sp³-hybridized carbons (Fsp3) is 0.273. The molecule has 1 aromatic carbocycles. The Morgan fingerprint density at radius 3 is 2.73 bits per heavy atom.